The van der Waals surface area contributed by atoms with Gasteiger partial charge in [0.05, 0.1) is 0 Å². The second-order valence-corrected chi connectivity index (χ2v) is 5.86. The molecule has 0 aromatic carbocycles. The normalized spacial score (nSPS) is 12.2. The Hall–Kier alpha value is -1.42. The first-order chi connectivity index (χ1) is 8.56. The van der Waals surface area contributed by atoms with Crippen molar-refractivity contribution < 1.29 is 0 Å². The maximum atomic E-state index is 4.21. The molecule has 0 saturated carbocycles. The van der Waals surface area contributed by atoms with E-state index in [-0.39, 0.29) is 0 Å². The Balaban J connectivity index is 1.80. The second-order valence-electron chi connectivity index (χ2n) is 5.86. The Morgan fingerprint density at radius 2 is 2.00 bits per heavy atom. The van der Waals surface area contributed by atoms with E-state index in [0.29, 0.717) is 5.41 Å². The Morgan fingerprint density at radius 1 is 1.17 bits per heavy atom. The van der Waals surface area contributed by atoms with E-state index in [4.69, 9.17) is 0 Å². The van der Waals surface area contributed by atoms with Gasteiger partial charge in [-0.15, -0.1) is 10.2 Å². The van der Waals surface area contributed by atoms with Crippen molar-refractivity contribution >= 4 is 5.65 Å². The smallest absolute Gasteiger partial charge is 0.160 e. The Morgan fingerprint density at radius 3 is 2.78 bits per heavy atom. The first-order valence-corrected chi connectivity index (χ1v) is 6.56. The van der Waals surface area contributed by atoms with Gasteiger partial charge in [-0.25, -0.2) is 0 Å². The Labute approximate surface area is 108 Å². The van der Waals surface area contributed by atoms with Crippen molar-refractivity contribution in [2.45, 2.75) is 33.6 Å². The zero-order chi connectivity index (χ0) is 13.0. The highest BCUT2D eigenvalue weighted by Gasteiger charge is 2.09. The van der Waals surface area contributed by atoms with Gasteiger partial charge in [0.25, 0.3) is 0 Å². The van der Waals surface area contributed by atoms with Gasteiger partial charge in [0.2, 0.25) is 0 Å². The fourth-order valence-electron chi connectivity index (χ4n) is 1.85. The van der Waals surface area contributed by atoms with E-state index in [9.17, 15) is 0 Å². The van der Waals surface area contributed by atoms with Crippen LogP contribution in [0.2, 0.25) is 0 Å². The minimum absolute atomic E-state index is 0.397. The summed E-state index contributed by atoms with van der Waals surface area (Å²) in [5.74, 6) is 1.02. The first kappa shape index (κ1) is 13.0. The monoisotopic (exact) mass is 246 g/mol. The van der Waals surface area contributed by atoms with E-state index >= 15 is 0 Å². The Kier molecular flexibility index (Phi) is 3.97. The van der Waals surface area contributed by atoms with Crippen molar-refractivity contribution in [3.05, 3.63) is 30.2 Å². The van der Waals surface area contributed by atoms with Gasteiger partial charge >= 0.3 is 0 Å². The molecular weight excluding hydrogens is 224 g/mol. The van der Waals surface area contributed by atoms with Crippen LogP contribution in [0.1, 0.15) is 33.0 Å². The van der Waals surface area contributed by atoms with Gasteiger partial charge in [0.1, 0.15) is 5.82 Å². The van der Waals surface area contributed by atoms with Crippen molar-refractivity contribution in [3.63, 3.8) is 0 Å². The number of aromatic nitrogens is 3. The summed E-state index contributed by atoms with van der Waals surface area (Å²) in [5.41, 5.74) is 1.32. The molecule has 4 heteroatoms. The molecule has 0 atom stereocenters. The number of fused-ring (bicyclic) bond motifs is 1. The van der Waals surface area contributed by atoms with Crippen LogP contribution in [-0.4, -0.2) is 27.7 Å². The van der Waals surface area contributed by atoms with Crippen molar-refractivity contribution in [2.75, 3.05) is 13.1 Å². The fraction of sp³-hybridized carbons (Fsp3) is 0.571. The zero-order valence-electron chi connectivity index (χ0n) is 11.5. The van der Waals surface area contributed by atoms with Gasteiger partial charge in [-0.1, -0.05) is 26.8 Å². The standard InChI is InChI=1S/C14H22N4/c1-14(2,3)8-10-15-9-7-13-17-16-12-6-4-5-11-18(12)13/h4-6,11,15H,7-10H2,1-3H3. The molecule has 0 bridgehead atoms. The van der Waals surface area contributed by atoms with Crippen LogP contribution in [0.3, 0.4) is 0 Å². The van der Waals surface area contributed by atoms with E-state index in [1.54, 1.807) is 0 Å². The highest BCUT2D eigenvalue weighted by atomic mass is 15.2. The third-order valence-electron chi connectivity index (χ3n) is 2.96. The summed E-state index contributed by atoms with van der Waals surface area (Å²) in [6, 6.07) is 5.96. The highest BCUT2D eigenvalue weighted by molar-refractivity contribution is 5.36. The summed E-state index contributed by atoms with van der Waals surface area (Å²) in [7, 11) is 0. The lowest BCUT2D eigenvalue weighted by Crippen LogP contribution is -2.23. The van der Waals surface area contributed by atoms with Crippen LogP contribution in [0.4, 0.5) is 0 Å². The summed E-state index contributed by atoms with van der Waals surface area (Å²) >= 11 is 0. The molecule has 4 nitrogen and oxygen atoms in total. The average molecular weight is 246 g/mol. The second kappa shape index (κ2) is 5.48. The van der Waals surface area contributed by atoms with Gasteiger partial charge < -0.3 is 5.32 Å². The molecular formula is C14H22N4. The van der Waals surface area contributed by atoms with Crippen LogP contribution in [0, 0.1) is 5.41 Å². The molecule has 0 aliphatic heterocycles. The SMILES string of the molecule is CC(C)(C)CCNCCc1nnc2ccccn12. The number of nitrogens with one attached hydrogen (secondary N) is 1. The molecule has 0 aliphatic rings. The number of rotatable bonds is 5. The first-order valence-electron chi connectivity index (χ1n) is 6.56. The lowest BCUT2D eigenvalue weighted by Gasteiger charge is -2.17. The molecule has 2 rings (SSSR count). The van der Waals surface area contributed by atoms with Crippen LogP contribution in [0.25, 0.3) is 5.65 Å². The largest absolute Gasteiger partial charge is 0.316 e. The van der Waals surface area contributed by atoms with Gasteiger partial charge in [0, 0.05) is 19.2 Å². The van der Waals surface area contributed by atoms with Crippen LogP contribution in [0.15, 0.2) is 24.4 Å². The van der Waals surface area contributed by atoms with E-state index in [1.165, 1.54) is 6.42 Å². The van der Waals surface area contributed by atoms with Crippen molar-refractivity contribution in [2.24, 2.45) is 5.41 Å². The molecule has 0 aliphatic carbocycles. The van der Waals surface area contributed by atoms with Crippen LogP contribution < -0.4 is 5.32 Å². The molecule has 0 unspecified atom stereocenters. The van der Waals surface area contributed by atoms with Crippen LogP contribution in [0.5, 0.6) is 0 Å². The van der Waals surface area contributed by atoms with E-state index in [1.807, 2.05) is 28.8 Å². The summed E-state index contributed by atoms with van der Waals surface area (Å²) in [6.45, 7) is 8.80. The Bertz CT molecular complexity index is 496. The molecule has 0 amide bonds. The number of nitrogens with zero attached hydrogens (tertiary/aromatic N) is 3. The highest BCUT2D eigenvalue weighted by Crippen LogP contribution is 2.16. The summed E-state index contributed by atoms with van der Waals surface area (Å²) in [4.78, 5) is 0. The number of pyridine rings is 1. The molecule has 0 radical (unpaired) electrons. The van der Waals surface area contributed by atoms with Gasteiger partial charge in [-0.05, 0) is 30.5 Å². The molecule has 18 heavy (non-hydrogen) atoms. The summed E-state index contributed by atoms with van der Waals surface area (Å²) in [6.07, 6.45) is 4.11. The summed E-state index contributed by atoms with van der Waals surface area (Å²) in [5, 5.41) is 11.8. The van der Waals surface area contributed by atoms with Gasteiger partial charge in [-0.2, -0.15) is 0 Å². The van der Waals surface area contributed by atoms with E-state index in [0.717, 1.165) is 31.0 Å². The molecule has 2 aromatic heterocycles. The maximum Gasteiger partial charge on any atom is 0.160 e. The van der Waals surface area contributed by atoms with Gasteiger partial charge in [-0.3, -0.25) is 4.40 Å². The predicted molar refractivity (Wildman–Crippen MR) is 73.6 cm³/mol. The van der Waals surface area contributed by atoms with Crippen LogP contribution in [-0.2, 0) is 6.42 Å². The fourth-order valence-corrected chi connectivity index (χ4v) is 1.85. The topological polar surface area (TPSA) is 42.2 Å². The minimum Gasteiger partial charge on any atom is -0.316 e. The number of hydrogen-bond acceptors (Lipinski definition) is 3. The lowest BCUT2D eigenvalue weighted by atomic mass is 9.92. The third kappa shape index (κ3) is 3.53. The quantitative estimate of drug-likeness (QED) is 0.823. The maximum absolute atomic E-state index is 4.21. The molecule has 1 N–H and O–H groups in total. The molecule has 0 saturated heterocycles. The van der Waals surface area contributed by atoms with Crippen LogP contribution >= 0.6 is 0 Å². The van der Waals surface area contributed by atoms with Crippen molar-refractivity contribution in [3.8, 4) is 0 Å². The molecule has 2 aromatic rings. The zero-order valence-corrected chi connectivity index (χ0v) is 11.5. The average Bonchev–Trinajstić information content (AvgIpc) is 2.71. The predicted octanol–water partition coefficient (Wildman–Crippen LogP) is 2.30. The third-order valence-corrected chi connectivity index (χ3v) is 2.96. The molecule has 98 valence electrons. The molecule has 2 heterocycles. The van der Waals surface area contributed by atoms with E-state index in [2.05, 4.69) is 36.3 Å². The molecule has 0 spiro atoms. The van der Waals surface area contributed by atoms with Gasteiger partial charge in [0.15, 0.2) is 5.65 Å². The molecule has 0 fully saturated rings. The van der Waals surface area contributed by atoms with Crippen molar-refractivity contribution in [1.82, 2.24) is 19.9 Å². The summed E-state index contributed by atoms with van der Waals surface area (Å²) < 4.78 is 2.05. The number of hydrogen-bond donors (Lipinski definition) is 1. The van der Waals surface area contributed by atoms with Crippen molar-refractivity contribution in [1.29, 1.82) is 0 Å². The van der Waals surface area contributed by atoms with E-state index < -0.39 is 0 Å². The lowest BCUT2D eigenvalue weighted by molar-refractivity contribution is 0.367. The minimum atomic E-state index is 0.397.